The topological polar surface area (TPSA) is 41.5 Å². The lowest BCUT2D eigenvalue weighted by molar-refractivity contribution is 0.685. The van der Waals surface area contributed by atoms with Gasteiger partial charge in [0, 0.05) is 41.7 Å². The molecule has 5 heteroatoms. The van der Waals surface area contributed by atoms with E-state index in [1.165, 1.54) is 6.42 Å². The third kappa shape index (κ3) is 4.11. The van der Waals surface area contributed by atoms with E-state index in [2.05, 4.69) is 10.3 Å². The molecule has 0 fully saturated rings. The van der Waals surface area contributed by atoms with Crippen LogP contribution in [0, 0.1) is 0 Å². The molecule has 1 aliphatic rings. The number of hydrogen-bond donors (Lipinski definition) is 1. The van der Waals surface area contributed by atoms with Crippen LogP contribution in [0.2, 0.25) is 0 Å². The fourth-order valence-corrected chi connectivity index (χ4v) is 2.11. The second kappa shape index (κ2) is 5.59. The minimum Gasteiger partial charge on any atom is -0.364 e. The quantitative estimate of drug-likeness (QED) is 0.729. The summed E-state index contributed by atoms with van der Waals surface area (Å²) in [5.74, 6) is 1.86. The van der Waals surface area contributed by atoms with E-state index >= 15 is 0 Å². The Morgan fingerprint density at radius 1 is 1.75 bits per heavy atom. The summed E-state index contributed by atoms with van der Waals surface area (Å²) in [6.45, 7) is 1.71. The number of nitrogens with one attached hydrogen (secondary N) is 1. The zero-order valence-electron chi connectivity index (χ0n) is 7.21. The lowest BCUT2D eigenvalue weighted by atomic mass is 10.5. The van der Waals surface area contributed by atoms with Crippen LogP contribution in [0.25, 0.3) is 0 Å². The number of rotatable bonds is 3. The van der Waals surface area contributed by atoms with Gasteiger partial charge >= 0.3 is 0 Å². The largest absolute Gasteiger partial charge is 0.364 e. The normalized spacial score (nSPS) is 19.9. The van der Waals surface area contributed by atoms with Crippen molar-refractivity contribution in [2.75, 3.05) is 30.9 Å². The first-order chi connectivity index (χ1) is 5.79. The van der Waals surface area contributed by atoms with E-state index in [1.54, 1.807) is 18.0 Å². The Morgan fingerprint density at radius 2 is 2.58 bits per heavy atom. The van der Waals surface area contributed by atoms with E-state index in [1.807, 2.05) is 0 Å². The summed E-state index contributed by atoms with van der Waals surface area (Å²) in [4.78, 5) is 4.30. The Morgan fingerprint density at radius 3 is 3.17 bits per heavy atom. The summed E-state index contributed by atoms with van der Waals surface area (Å²) in [6, 6.07) is 0. The van der Waals surface area contributed by atoms with Crippen molar-refractivity contribution in [3.05, 3.63) is 0 Å². The predicted molar refractivity (Wildman–Crippen MR) is 56.3 cm³/mol. The smallest absolute Gasteiger partial charge is 0.156 e. The Balaban J connectivity index is 2.13. The molecule has 0 saturated carbocycles. The molecule has 3 nitrogen and oxygen atoms in total. The summed E-state index contributed by atoms with van der Waals surface area (Å²) in [5, 5.41) is 4.19. The third-order valence-corrected chi connectivity index (χ3v) is 3.28. The molecule has 12 heavy (non-hydrogen) atoms. The van der Waals surface area contributed by atoms with Crippen molar-refractivity contribution >= 4 is 27.7 Å². The van der Waals surface area contributed by atoms with Gasteiger partial charge in [0.1, 0.15) is 0 Å². The highest BCUT2D eigenvalue weighted by atomic mass is 32.2. The maximum atomic E-state index is 10.7. The van der Waals surface area contributed by atoms with Crippen molar-refractivity contribution in [2.24, 2.45) is 4.99 Å². The van der Waals surface area contributed by atoms with Gasteiger partial charge in [-0.25, -0.2) is 0 Å². The number of nitrogens with zero attached hydrogens (tertiary/aromatic N) is 1. The molecule has 0 spiro atoms. The van der Waals surface area contributed by atoms with E-state index in [-0.39, 0.29) is 0 Å². The maximum Gasteiger partial charge on any atom is 0.156 e. The summed E-state index contributed by atoms with van der Waals surface area (Å²) >= 11 is 1.75. The molecule has 0 aromatic rings. The van der Waals surface area contributed by atoms with Gasteiger partial charge in [-0.05, 0) is 6.42 Å². The minimum absolute atomic E-state index is 0.697. The average molecular weight is 206 g/mol. The van der Waals surface area contributed by atoms with Crippen LogP contribution < -0.4 is 5.32 Å². The number of aliphatic imine (C=N–C) groups is 1. The highest BCUT2D eigenvalue weighted by molar-refractivity contribution is 8.13. The number of thioether (sulfide) groups is 1. The first kappa shape index (κ1) is 10.1. The van der Waals surface area contributed by atoms with Crippen LogP contribution in [-0.2, 0) is 10.8 Å². The molecule has 1 heterocycles. The van der Waals surface area contributed by atoms with Crippen LogP contribution in [0.15, 0.2) is 4.99 Å². The molecule has 1 N–H and O–H groups in total. The highest BCUT2D eigenvalue weighted by Crippen LogP contribution is 2.09. The Labute approximate surface area is 79.9 Å². The molecular formula is C7H14N2OS2. The molecule has 0 aliphatic carbocycles. The molecule has 0 saturated heterocycles. The molecule has 0 aromatic heterocycles. The highest BCUT2D eigenvalue weighted by Gasteiger charge is 2.04. The fraction of sp³-hybridized carbons (Fsp3) is 0.857. The monoisotopic (exact) mass is 206 g/mol. The van der Waals surface area contributed by atoms with Gasteiger partial charge in [-0.1, -0.05) is 11.8 Å². The first-order valence-corrected chi connectivity index (χ1v) is 6.71. The van der Waals surface area contributed by atoms with Gasteiger partial charge in [-0.15, -0.1) is 0 Å². The third-order valence-electron chi connectivity index (χ3n) is 1.46. The zero-order chi connectivity index (χ0) is 8.81. The second-order valence-electron chi connectivity index (χ2n) is 2.59. The van der Waals surface area contributed by atoms with Gasteiger partial charge < -0.3 is 5.32 Å². The van der Waals surface area contributed by atoms with Gasteiger partial charge in [0.15, 0.2) is 5.17 Å². The minimum atomic E-state index is -0.697. The predicted octanol–water partition coefficient (Wildman–Crippen LogP) is 0.447. The number of amidine groups is 1. The Bertz CT molecular complexity index is 194. The molecule has 1 aliphatic heterocycles. The molecule has 1 atom stereocenters. The molecule has 1 rings (SSSR count). The van der Waals surface area contributed by atoms with Crippen LogP contribution in [0.5, 0.6) is 0 Å². The fourth-order valence-electron chi connectivity index (χ4n) is 0.868. The van der Waals surface area contributed by atoms with Crippen molar-refractivity contribution in [1.29, 1.82) is 0 Å². The van der Waals surface area contributed by atoms with Gasteiger partial charge in [0.2, 0.25) is 0 Å². The molecule has 0 bridgehead atoms. The lowest BCUT2D eigenvalue weighted by Gasteiger charge is -2.12. The molecule has 0 radical (unpaired) electrons. The van der Waals surface area contributed by atoms with Crippen molar-refractivity contribution in [1.82, 2.24) is 5.32 Å². The molecule has 0 aromatic carbocycles. The van der Waals surface area contributed by atoms with E-state index in [9.17, 15) is 4.21 Å². The summed E-state index contributed by atoms with van der Waals surface area (Å²) in [7, 11) is -0.697. The van der Waals surface area contributed by atoms with Crippen molar-refractivity contribution in [3.63, 3.8) is 0 Å². The summed E-state index contributed by atoms with van der Waals surface area (Å²) in [5.41, 5.74) is 0. The first-order valence-electron chi connectivity index (χ1n) is 4.00. The molecule has 1 unspecified atom stereocenters. The van der Waals surface area contributed by atoms with E-state index in [0.29, 0.717) is 5.75 Å². The lowest BCUT2D eigenvalue weighted by Crippen LogP contribution is -2.27. The Kier molecular flexibility index (Phi) is 4.68. The van der Waals surface area contributed by atoms with E-state index < -0.39 is 10.8 Å². The van der Waals surface area contributed by atoms with Crippen molar-refractivity contribution in [3.8, 4) is 0 Å². The SMILES string of the molecule is CS(=O)CCNC1=NCCCS1. The van der Waals surface area contributed by atoms with Gasteiger partial charge in [-0.3, -0.25) is 9.20 Å². The van der Waals surface area contributed by atoms with Crippen molar-refractivity contribution < 1.29 is 4.21 Å². The zero-order valence-corrected chi connectivity index (χ0v) is 8.84. The van der Waals surface area contributed by atoms with Crippen LogP contribution >= 0.6 is 11.8 Å². The molecule has 0 amide bonds. The van der Waals surface area contributed by atoms with E-state index in [4.69, 9.17) is 0 Å². The number of hydrogen-bond acceptors (Lipinski definition) is 4. The Hall–Kier alpha value is -0.0300. The van der Waals surface area contributed by atoms with E-state index in [0.717, 1.165) is 24.0 Å². The van der Waals surface area contributed by atoms with Gasteiger partial charge in [0.25, 0.3) is 0 Å². The average Bonchev–Trinajstić information content (AvgIpc) is 2.05. The van der Waals surface area contributed by atoms with Crippen LogP contribution in [-0.4, -0.2) is 40.2 Å². The standard InChI is InChI=1S/C7H14N2OS2/c1-12(10)6-4-9-7-8-3-2-5-11-7/h2-6H2,1H3,(H,8,9). The van der Waals surface area contributed by atoms with Gasteiger partial charge in [-0.2, -0.15) is 0 Å². The summed E-state index contributed by atoms with van der Waals surface area (Å²) < 4.78 is 10.7. The summed E-state index contributed by atoms with van der Waals surface area (Å²) in [6.07, 6.45) is 2.90. The van der Waals surface area contributed by atoms with Crippen LogP contribution in [0.1, 0.15) is 6.42 Å². The van der Waals surface area contributed by atoms with Crippen molar-refractivity contribution in [2.45, 2.75) is 6.42 Å². The van der Waals surface area contributed by atoms with Gasteiger partial charge in [0.05, 0.1) is 0 Å². The van der Waals surface area contributed by atoms with Crippen LogP contribution in [0.3, 0.4) is 0 Å². The maximum absolute atomic E-state index is 10.7. The molecular weight excluding hydrogens is 192 g/mol. The second-order valence-corrected chi connectivity index (χ2v) is 5.23. The molecule has 70 valence electrons. The van der Waals surface area contributed by atoms with Crippen LogP contribution in [0.4, 0.5) is 0 Å².